The van der Waals surface area contributed by atoms with Crippen molar-refractivity contribution in [1.82, 2.24) is 10.2 Å². The Morgan fingerprint density at radius 3 is 2.55 bits per heavy atom. The molecule has 7 nitrogen and oxygen atoms in total. The van der Waals surface area contributed by atoms with E-state index in [1.165, 1.54) is 11.3 Å². The summed E-state index contributed by atoms with van der Waals surface area (Å²) in [5.41, 5.74) is 2.17. The van der Waals surface area contributed by atoms with Crippen LogP contribution < -0.4 is 15.0 Å². The van der Waals surface area contributed by atoms with Crippen LogP contribution in [0.2, 0.25) is 0 Å². The van der Waals surface area contributed by atoms with Crippen LogP contribution in [0.5, 0.6) is 5.75 Å². The summed E-state index contributed by atoms with van der Waals surface area (Å²) in [4.78, 5) is 29.7. The van der Waals surface area contributed by atoms with E-state index in [0.29, 0.717) is 24.3 Å². The monoisotopic (exact) mass is 457 g/mol. The Morgan fingerprint density at radius 2 is 1.85 bits per heavy atom. The number of anilines is 1. The summed E-state index contributed by atoms with van der Waals surface area (Å²) < 4.78 is 10.8. The highest BCUT2D eigenvalue weighted by Crippen LogP contribution is 2.35. The number of amides is 2. The first kappa shape index (κ1) is 23.7. The fourth-order valence-corrected chi connectivity index (χ4v) is 5.50. The molecule has 7 heteroatoms. The average Bonchev–Trinajstić information content (AvgIpc) is 2.78. The lowest BCUT2D eigenvalue weighted by Gasteiger charge is -2.46. The van der Waals surface area contributed by atoms with Crippen LogP contribution in [0.4, 0.5) is 10.5 Å². The number of rotatable bonds is 4. The van der Waals surface area contributed by atoms with Crippen molar-refractivity contribution in [3.8, 4) is 5.75 Å². The van der Waals surface area contributed by atoms with Crippen molar-refractivity contribution in [2.75, 3.05) is 31.6 Å². The molecule has 4 rings (SSSR count). The van der Waals surface area contributed by atoms with Crippen molar-refractivity contribution in [2.24, 2.45) is 5.92 Å². The van der Waals surface area contributed by atoms with E-state index >= 15 is 0 Å². The molecule has 1 aliphatic carbocycles. The van der Waals surface area contributed by atoms with E-state index in [1.54, 1.807) is 7.11 Å². The Morgan fingerprint density at radius 1 is 1.09 bits per heavy atom. The molecule has 0 bridgehead atoms. The first-order chi connectivity index (χ1) is 15.7. The van der Waals surface area contributed by atoms with Gasteiger partial charge in [0.05, 0.1) is 7.11 Å². The predicted octanol–water partition coefficient (Wildman–Crippen LogP) is 4.13. The Kier molecular flexibility index (Phi) is 7.05. The molecule has 3 aliphatic rings. The molecule has 0 spiro atoms. The first-order valence-electron chi connectivity index (χ1n) is 12.4. The highest BCUT2D eigenvalue weighted by Gasteiger charge is 2.34. The number of methoxy groups -OCH3 is 1. The van der Waals surface area contributed by atoms with Gasteiger partial charge in [0.15, 0.2) is 0 Å². The minimum absolute atomic E-state index is 0.149. The normalized spacial score (nSPS) is 25.0. The van der Waals surface area contributed by atoms with E-state index in [4.69, 9.17) is 9.47 Å². The molecule has 182 valence electrons. The maximum absolute atomic E-state index is 13.1. The van der Waals surface area contributed by atoms with E-state index in [-0.39, 0.29) is 12.1 Å². The molecule has 1 N–H and O–H groups in total. The number of carbonyl (C=O) groups excluding carboxylic acids is 2. The van der Waals surface area contributed by atoms with Crippen LogP contribution in [-0.2, 0) is 16.0 Å². The maximum Gasteiger partial charge on any atom is 0.407 e. The van der Waals surface area contributed by atoms with Gasteiger partial charge < -0.3 is 24.6 Å². The minimum Gasteiger partial charge on any atom is -0.497 e. The molecule has 1 saturated carbocycles. The fraction of sp³-hybridized carbons (Fsp3) is 0.692. The van der Waals surface area contributed by atoms with Gasteiger partial charge in [0.2, 0.25) is 5.91 Å². The van der Waals surface area contributed by atoms with Gasteiger partial charge in [-0.3, -0.25) is 4.79 Å². The molecule has 1 saturated heterocycles. The van der Waals surface area contributed by atoms with Crippen LogP contribution in [-0.4, -0.2) is 61.3 Å². The maximum atomic E-state index is 13.1. The van der Waals surface area contributed by atoms with Crippen LogP contribution in [0.3, 0.4) is 0 Å². The molecular weight excluding hydrogens is 418 g/mol. The highest BCUT2D eigenvalue weighted by molar-refractivity contribution is 5.77. The lowest BCUT2D eigenvalue weighted by Crippen LogP contribution is -2.56. The van der Waals surface area contributed by atoms with Gasteiger partial charge in [0.1, 0.15) is 11.4 Å². The van der Waals surface area contributed by atoms with E-state index in [1.807, 2.05) is 26.8 Å². The summed E-state index contributed by atoms with van der Waals surface area (Å²) in [6.45, 7) is 8.12. The molecule has 1 aromatic carbocycles. The van der Waals surface area contributed by atoms with E-state index in [9.17, 15) is 9.59 Å². The Balaban J connectivity index is 1.23. The predicted molar refractivity (Wildman–Crippen MR) is 129 cm³/mol. The lowest BCUT2D eigenvalue weighted by atomic mass is 9.83. The van der Waals surface area contributed by atoms with Crippen molar-refractivity contribution in [3.63, 3.8) is 0 Å². The number of nitrogens with one attached hydrogen (secondary N) is 1. The summed E-state index contributed by atoms with van der Waals surface area (Å²) >= 11 is 0. The number of benzene rings is 1. The largest absolute Gasteiger partial charge is 0.497 e. The number of alkyl carbamates (subject to hydrolysis) is 1. The first-order valence-corrected chi connectivity index (χ1v) is 12.4. The van der Waals surface area contributed by atoms with Gasteiger partial charge in [-0.15, -0.1) is 0 Å². The van der Waals surface area contributed by atoms with Crippen molar-refractivity contribution in [3.05, 3.63) is 23.8 Å². The molecular formula is C26H39N3O4. The molecule has 1 atom stereocenters. The van der Waals surface area contributed by atoms with Gasteiger partial charge >= 0.3 is 6.09 Å². The highest BCUT2D eigenvalue weighted by atomic mass is 16.6. The zero-order valence-corrected chi connectivity index (χ0v) is 20.6. The second-order valence-corrected chi connectivity index (χ2v) is 10.8. The van der Waals surface area contributed by atoms with Gasteiger partial charge in [0.25, 0.3) is 0 Å². The van der Waals surface area contributed by atoms with Crippen LogP contribution in [0, 0.1) is 5.92 Å². The third-order valence-electron chi connectivity index (χ3n) is 7.21. The number of carbonyl (C=O) groups is 2. The summed E-state index contributed by atoms with van der Waals surface area (Å²) in [6, 6.07) is 6.90. The zero-order valence-electron chi connectivity index (χ0n) is 20.6. The molecule has 0 aromatic heterocycles. The minimum atomic E-state index is -0.481. The number of ether oxygens (including phenoxy) is 2. The van der Waals surface area contributed by atoms with Crippen molar-refractivity contribution >= 4 is 17.7 Å². The number of hydrogen-bond donors (Lipinski definition) is 1. The van der Waals surface area contributed by atoms with Crippen LogP contribution in [0.25, 0.3) is 0 Å². The van der Waals surface area contributed by atoms with Crippen molar-refractivity contribution < 1.29 is 19.1 Å². The molecule has 2 aliphatic heterocycles. The number of fused-ring (bicyclic) bond motifs is 3. The molecule has 2 heterocycles. The topological polar surface area (TPSA) is 71.1 Å². The average molecular weight is 458 g/mol. The van der Waals surface area contributed by atoms with Crippen LogP contribution in [0.1, 0.15) is 64.9 Å². The second-order valence-electron chi connectivity index (χ2n) is 10.8. The number of nitrogens with zero attached hydrogens (tertiary/aromatic N) is 2. The van der Waals surface area contributed by atoms with Crippen LogP contribution in [0.15, 0.2) is 18.2 Å². The third kappa shape index (κ3) is 5.92. The molecule has 0 unspecified atom stereocenters. The zero-order chi connectivity index (χ0) is 23.6. The van der Waals surface area contributed by atoms with Gasteiger partial charge in [-0.1, -0.05) is 0 Å². The van der Waals surface area contributed by atoms with E-state index in [0.717, 1.165) is 63.9 Å². The number of hydrogen-bond acceptors (Lipinski definition) is 5. The lowest BCUT2D eigenvalue weighted by molar-refractivity contribution is -0.133. The summed E-state index contributed by atoms with van der Waals surface area (Å²) in [7, 11) is 1.71. The van der Waals surface area contributed by atoms with Crippen LogP contribution >= 0.6 is 0 Å². The Hall–Kier alpha value is -2.44. The SMILES string of the molecule is COc1ccc2c(c1)CC[C@@H]1CN(C(=O)CC3CCC(NC(=O)OC(C)(C)C)CC3)CCN21. The molecule has 33 heavy (non-hydrogen) atoms. The van der Waals surface area contributed by atoms with E-state index in [2.05, 4.69) is 27.2 Å². The van der Waals surface area contributed by atoms with Crippen molar-refractivity contribution in [2.45, 2.75) is 83.4 Å². The number of piperazine rings is 1. The van der Waals surface area contributed by atoms with E-state index < -0.39 is 5.60 Å². The fourth-order valence-electron chi connectivity index (χ4n) is 5.50. The molecule has 2 amide bonds. The third-order valence-corrected chi connectivity index (χ3v) is 7.21. The summed E-state index contributed by atoms with van der Waals surface area (Å²) in [6.07, 6.45) is 6.17. The van der Waals surface area contributed by atoms with Crippen molar-refractivity contribution in [1.29, 1.82) is 0 Å². The smallest absolute Gasteiger partial charge is 0.407 e. The van der Waals surface area contributed by atoms with Gasteiger partial charge in [-0.05, 0) is 89.0 Å². The van der Waals surface area contributed by atoms with Gasteiger partial charge in [0, 0.05) is 43.8 Å². The van der Waals surface area contributed by atoms with Gasteiger partial charge in [-0.25, -0.2) is 4.79 Å². The molecule has 1 aromatic rings. The van der Waals surface area contributed by atoms with Gasteiger partial charge in [-0.2, -0.15) is 0 Å². The Bertz CT molecular complexity index is 858. The summed E-state index contributed by atoms with van der Waals surface area (Å²) in [5, 5.41) is 2.99. The molecule has 0 radical (unpaired) electrons. The quantitative estimate of drug-likeness (QED) is 0.736. The summed E-state index contributed by atoms with van der Waals surface area (Å²) in [5.74, 6) is 1.61. The molecule has 2 fully saturated rings. The number of aryl methyl sites for hydroxylation is 1. The standard InChI is InChI=1S/C26H39N3O4/c1-26(2,3)33-25(31)27-20-8-5-18(6-9-20)15-24(30)28-13-14-29-21(17-28)10-7-19-16-22(32-4)11-12-23(19)29/h11-12,16,18,20-21H,5-10,13-15,17H2,1-4H3,(H,27,31)/t18?,20?,21-/m1/s1. The Labute approximate surface area is 197 Å². The second kappa shape index (κ2) is 9.82.